The summed E-state index contributed by atoms with van der Waals surface area (Å²) in [6, 6.07) is 5.88. The van der Waals surface area contributed by atoms with Crippen LogP contribution in [0, 0.1) is 13.8 Å². The van der Waals surface area contributed by atoms with Crippen LogP contribution in [0.25, 0.3) is 22.3 Å². The summed E-state index contributed by atoms with van der Waals surface area (Å²) >= 11 is 0. The molecule has 0 saturated carbocycles. The summed E-state index contributed by atoms with van der Waals surface area (Å²) in [5.41, 5.74) is 3.04. The zero-order valence-corrected chi connectivity index (χ0v) is 10.5. The van der Waals surface area contributed by atoms with Crippen molar-refractivity contribution in [2.45, 2.75) is 13.8 Å². The first-order chi connectivity index (χ1) is 9.06. The molecule has 6 heteroatoms. The Bertz CT molecular complexity index is 886. The second-order valence-electron chi connectivity index (χ2n) is 4.53. The van der Waals surface area contributed by atoms with Crippen LogP contribution in [-0.4, -0.2) is 20.2 Å². The molecule has 0 aliphatic heterocycles. The average Bonchev–Trinajstić information content (AvgIpc) is 2.76. The monoisotopic (exact) mass is 256 g/mol. The van der Waals surface area contributed by atoms with Crippen molar-refractivity contribution in [2.24, 2.45) is 0 Å². The summed E-state index contributed by atoms with van der Waals surface area (Å²) in [5.74, 6) is 0. The zero-order chi connectivity index (χ0) is 13.6. The van der Waals surface area contributed by atoms with E-state index in [0.29, 0.717) is 11.1 Å². The maximum Gasteiger partial charge on any atom is 0.327 e. The van der Waals surface area contributed by atoms with Gasteiger partial charge in [0.25, 0.3) is 5.56 Å². The molecule has 6 nitrogen and oxygen atoms in total. The van der Waals surface area contributed by atoms with Crippen molar-refractivity contribution in [1.82, 2.24) is 20.2 Å². The number of nitrogens with zero attached hydrogens (tertiary/aromatic N) is 1. The first kappa shape index (κ1) is 11.5. The minimum Gasteiger partial charge on any atom is -0.290 e. The van der Waals surface area contributed by atoms with Crippen LogP contribution >= 0.6 is 0 Å². The number of hydrogen-bond donors (Lipinski definition) is 3. The maximum atomic E-state index is 11.9. The van der Waals surface area contributed by atoms with Gasteiger partial charge in [-0.2, -0.15) is 5.10 Å². The third kappa shape index (κ3) is 1.77. The lowest BCUT2D eigenvalue weighted by Crippen LogP contribution is -2.21. The highest BCUT2D eigenvalue weighted by Crippen LogP contribution is 2.24. The molecule has 96 valence electrons. The highest BCUT2D eigenvalue weighted by Gasteiger charge is 2.12. The smallest absolute Gasteiger partial charge is 0.290 e. The standard InChI is InChI=1S/C13H12N4O2/c1-6-3-4-8(5-7(6)2)10-9-11(17-16-10)14-13(19)15-12(9)18/h3-5H,1-2H3,(H3,14,15,16,17,18,19). The molecular weight excluding hydrogens is 244 g/mol. The van der Waals surface area contributed by atoms with Crippen LogP contribution in [0.15, 0.2) is 27.8 Å². The van der Waals surface area contributed by atoms with Gasteiger partial charge in [-0.3, -0.25) is 19.9 Å². The predicted molar refractivity (Wildman–Crippen MR) is 72.2 cm³/mol. The quantitative estimate of drug-likeness (QED) is 0.611. The number of aromatic nitrogens is 4. The van der Waals surface area contributed by atoms with E-state index in [1.807, 2.05) is 32.0 Å². The second kappa shape index (κ2) is 3.94. The van der Waals surface area contributed by atoms with E-state index in [-0.39, 0.29) is 5.65 Å². The van der Waals surface area contributed by atoms with Crippen LogP contribution in [-0.2, 0) is 0 Å². The molecule has 3 N–H and O–H groups in total. The Balaban J connectivity index is 2.34. The van der Waals surface area contributed by atoms with Gasteiger partial charge in [0, 0.05) is 5.56 Å². The number of aryl methyl sites for hydroxylation is 2. The van der Waals surface area contributed by atoms with Crippen LogP contribution in [0.1, 0.15) is 11.1 Å². The Morgan fingerprint density at radius 3 is 2.58 bits per heavy atom. The lowest BCUT2D eigenvalue weighted by Gasteiger charge is -2.03. The summed E-state index contributed by atoms with van der Waals surface area (Å²) in [5, 5.41) is 7.14. The van der Waals surface area contributed by atoms with Crippen molar-refractivity contribution in [3.63, 3.8) is 0 Å². The van der Waals surface area contributed by atoms with Gasteiger partial charge in [0.2, 0.25) is 0 Å². The fourth-order valence-electron chi connectivity index (χ4n) is 2.06. The topological polar surface area (TPSA) is 94.4 Å². The number of nitrogens with one attached hydrogen (secondary N) is 3. The molecule has 0 aliphatic carbocycles. The number of rotatable bonds is 1. The van der Waals surface area contributed by atoms with Gasteiger partial charge in [-0.25, -0.2) is 4.79 Å². The normalized spacial score (nSPS) is 11.1. The Kier molecular flexibility index (Phi) is 2.38. The van der Waals surface area contributed by atoms with Crippen molar-refractivity contribution in [2.75, 3.05) is 0 Å². The molecule has 2 heterocycles. The second-order valence-corrected chi connectivity index (χ2v) is 4.53. The third-order valence-electron chi connectivity index (χ3n) is 3.25. The molecule has 3 aromatic rings. The van der Waals surface area contributed by atoms with Crippen molar-refractivity contribution >= 4 is 11.0 Å². The van der Waals surface area contributed by atoms with E-state index in [4.69, 9.17) is 0 Å². The van der Waals surface area contributed by atoms with E-state index in [2.05, 4.69) is 20.2 Å². The number of benzene rings is 1. The van der Waals surface area contributed by atoms with E-state index in [9.17, 15) is 9.59 Å². The third-order valence-corrected chi connectivity index (χ3v) is 3.25. The van der Waals surface area contributed by atoms with Gasteiger partial charge < -0.3 is 0 Å². The number of fused-ring (bicyclic) bond motifs is 1. The molecule has 1 aromatic carbocycles. The molecule has 0 aliphatic rings. The van der Waals surface area contributed by atoms with Gasteiger partial charge in [0.15, 0.2) is 5.65 Å². The highest BCUT2D eigenvalue weighted by molar-refractivity contribution is 5.89. The first-order valence-corrected chi connectivity index (χ1v) is 5.84. The molecule has 0 radical (unpaired) electrons. The van der Waals surface area contributed by atoms with E-state index in [1.54, 1.807) is 0 Å². The Morgan fingerprint density at radius 1 is 1.05 bits per heavy atom. The number of H-pyrrole nitrogens is 3. The summed E-state index contributed by atoms with van der Waals surface area (Å²) in [4.78, 5) is 27.8. The average molecular weight is 256 g/mol. The van der Waals surface area contributed by atoms with Crippen LogP contribution in [0.3, 0.4) is 0 Å². The number of hydrogen-bond acceptors (Lipinski definition) is 3. The summed E-state index contributed by atoms with van der Waals surface area (Å²) in [7, 11) is 0. The molecule has 0 spiro atoms. The van der Waals surface area contributed by atoms with Crippen molar-refractivity contribution in [1.29, 1.82) is 0 Å². The largest absolute Gasteiger partial charge is 0.327 e. The van der Waals surface area contributed by atoms with Crippen molar-refractivity contribution in [3.05, 3.63) is 50.2 Å². The van der Waals surface area contributed by atoms with Crippen LogP contribution in [0.4, 0.5) is 0 Å². The predicted octanol–water partition coefficient (Wildman–Crippen LogP) is 1.22. The lowest BCUT2D eigenvalue weighted by atomic mass is 10.0. The Labute approximate surface area is 107 Å². The van der Waals surface area contributed by atoms with E-state index < -0.39 is 11.2 Å². The van der Waals surface area contributed by atoms with Crippen molar-refractivity contribution in [3.8, 4) is 11.3 Å². The zero-order valence-electron chi connectivity index (χ0n) is 10.5. The number of aromatic amines is 3. The molecule has 0 fully saturated rings. The minimum atomic E-state index is -0.560. The molecule has 3 rings (SSSR count). The van der Waals surface area contributed by atoms with E-state index in [1.165, 1.54) is 5.56 Å². The van der Waals surface area contributed by atoms with Crippen LogP contribution in [0.2, 0.25) is 0 Å². The summed E-state index contributed by atoms with van der Waals surface area (Å²) < 4.78 is 0. The lowest BCUT2D eigenvalue weighted by molar-refractivity contribution is 1.05. The molecule has 0 atom stereocenters. The summed E-state index contributed by atoms with van der Waals surface area (Å²) in [6.45, 7) is 4.03. The molecular formula is C13H12N4O2. The molecule has 0 bridgehead atoms. The fraction of sp³-hybridized carbons (Fsp3) is 0.154. The molecule has 0 amide bonds. The van der Waals surface area contributed by atoms with Gasteiger partial charge in [0.05, 0.1) is 5.69 Å². The van der Waals surface area contributed by atoms with E-state index in [0.717, 1.165) is 11.1 Å². The van der Waals surface area contributed by atoms with Gasteiger partial charge >= 0.3 is 5.69 Å². The van der Waals surface area contributed by atoms with Gasteiger partial charge in [-0.1, -0.05) is 12.1 Å². The first-order valence-electron chi connectivity index (χ1n) is 5.84. The molecule has 0 unspecified atom stereocenters. The van der Waals surface area contributed by atoms with Crippen LogP contribution < -0.4 is 11.2 Å². The fourth-order valence-corrected chi connectivity index (χ4v) is 2.06. The summed E-state index contributed by atoms with van der Waals surface area (Å²) in [6.07, 6.45) is 0. The highest BCUT2D eigenvalue weighted by atomic mass is 16.2. The molecule has 0 saturated heterocycles. The Morgan fingerprint density at radius 2 is 1.84 bits per heavy atom. The molecule has 2 aromatic heterocycles. The van der Waals surface area contributed by atoms with Crippen LogP contribution in [0.5, 0.6) is 0 Å². The molecule has 19 heavy (non-hydrogen) atoms. The SMILES string of the molecule is Cc1ccc(-c2[nH]nc3[nH]c(=O)[nH]c(=O)c23)cc1C. The maximum absolute atomic E-state index is 11.9. The van der Waals surface area contributed by atoms with Gasteiger partial charge in [-0.15, -0.1) is 0 Å². The van der Waals surface area contributed by atoms with Gasteiger partial charge in [-0.05, 0) is 31.0 Å². The minimum absolute atomic E-state index is 0.266. The van der Waals surface area contributed by atoms with Gasteiger partial charge in [0.1, 0.15) is 5.39 Å². The van der Waals surface area contributed by atoms with Crippen molar-refractivity contribution < 1.29 is 0 Å². The Hall–Kier alpha value is -2.63. The van der Waals surface area contributed by atoms with E-state index >= 15 is 0 Å².